The molecule has 0 bridgehead atoms. The van der Waals surface area contributed by atoms with Crippen LogP contribution in [0.2, 0.25) is 0 Å². The maximum atomic E-state index is 15.9. The highest BCUT2D eigenvalue weighted by molar-refractivity contribution is 5.82. The van der Waals surface area contributed by atoms with E-state index in [1.54, 1.807) is 32.2 Å². The van der Waals surface area contributed by atoms with Gasteiger partial charge in [0, 0.05) is 37.6 Å². The number of hydrogen-bond acceptors (Lipinski definition) is 6. The summed E-state index contributed by atoms with van der Waals surface area (Å²) in [6, 6.07) is 7.36. The number of ether oxygens (including phenoxy) is 1. The molecule has 2 atom stereocenters. The third kappa shape index (κ3) is 8.42. The predicted molar refractivity (Wildman–Crippen MR) is 170 cm³/mol. The molecular weight excluding hydrogens is 578 g/mol. The fraction of sp³-hybridized carbons (Fsp3) is 0.486. The van der Waals surface area contributed by atoms with Crippen LogP contribution < -0.4 is 11.0 Å². The molecule has 1 N–H and O–H groups in total. The number of carbonyl (C=O) groups is 2. The standard InChI is InChI=1S/C35H44F2N4O4/c1-7-45-31(42)16-29(28-15-26(14-24(6)33(28)37)32-22(4)9-8-10-23(32)5)39-34(43)30(13-21(2)3)41-18-25(17-38-35(41)44)11-12-40-19-27(36)20-40/h8-10,14-15,17-18,21,27,29-30H,7,11-13,16,19-20H2,1-6H3,(H,39,43)/t29-,30-/m0/s1. The SMILES string of the molecule is CCOC(=O)C[C@H](NC(=O)[C@H](CC(C)C)n1cc(CCN2CC(F)C2)cnc1=O)c1cc(-c2c(C)cccc2C)cc(C)c1F. The van der Waals surface area contributed by atoms with Crippen molar-refractivity contribution in [1.82, 2.24) is 19.8 Å². The predicted octanol–water partition coefficient (Wildman–Crippen LogP) is 5.57. The minimum absolute atomic E-state index is 0.0220. The Morgan fingerprint density at radius 1 is 1.11 bits per heavy atom. The number of nitrogens with zero attached hydrogens (tertiary/aromatic N) is 3. The normalized spacial score (nSPS) is 15.0. The van der Waals surface area contributed by atoms with E-state index in [-0.39, 0.29) is 24.5 Å². The summed E-state index contributed by atoms with van der Waals surface area (Å²) in [6.45, 7) is 12.7. The van der Waals surface area contributed by atoms with Gasteiger partial charge in [-0.15, -0.1) is 0 Å². The molecule has 8 nitrogen and oxygen atoms in total. The third-order valence-electron chi connectivity index (χ3n) is 8.25. The first-order valence-corrected chi connectivity index (χ1v) is 15.6. The number of halogens is 2. The van der Waals surface area contributed by atoms with Gasteiger partial charge in [-0.25, -0.2) is 18.6 Å². The van der Waals surface area contributed by atoms with E-state index in [9.17, 15) is 18.8 Å². The molecule has 2 aromatic carbocycles. The van der Waals surface area contributed by atoms with Crippen LogP contribution in [0.5, 0.6) is 0 Å². The topological polar surface area (TPSA) is 93.5 Å². The van der Waals surface area contributed by atoms with Gasteiger partial charge in [0.15, 0.2) is 0 Å². The van der Waals surface area contributed by atoms with Crippen LogP contribution in [0.25, 0.3) is 11.1 Å². The number of alkyl halides is 1. The molecule has 0 aliphatic carbocycles. The molecule has 0 radical (unpaired) electrons. The summed E-state index contributed by atoms with van der Waals surface area (Å²) in [6.07, 6.45) is 2.85. The van der Waals surface area contributed by atoms with Crippen LogP contribution in [0.1, 0.15) is 73.5 Å². The summed E-state index contributed by atoms with van der Waals surface area (Å²) in [4.78, 5) is 45.8. The molecule has 242 valence electrons. The van der Waals surface area contributed by atoms with Gasteiger partial charge in [0.05, 0.1) is 19.1 Å². The van der Waals surface area contributed by atoms with Crippen molar-refractivity contribution < 1.29 is 23.1 Å². The lowest BCUT2D eigenvalue weighted by molar-refractivity contribution is -0.144. The van der Waals surface area contributed by atoms with Gasteiger partial charge < -0.3 is 10.1 Å². The molecule has 1 saturated heterocycles. The van der Waals surface area contributed by atoms with E-state index in [1.807, 2.05) is 50.8 Å². The molecule has 1 aromatic heterocycles. The maximum absolute atomic E-state index is 15.9. The quantitative estimate of drug-likeness (QED) is 0.251. The molecule has 1 amide bonds. The van der Waals surface area contributed by atoms with E-state index < -0.39 is 41.6 Å². The largest absolute Gasteiger partial charge is 0.466 e. The Hall–Kier alpha value is -3.92. The first kappa shape index (κ1) is 34.0. The second kappa shape index (κ2) is 14.9. The van der Waals surface area contributed by atoms with E-state index in [1.165, 1.54) is 10.8 Å². The number of esters is 1. The molecule has 45 heavy (non-hydrogen) atoms. The van der Waals surface area contributed by atoms with Crippen LogP contribution in [0.4, 0.5) is 8.78 Å². The molecule has 1 aliphatic heterocycles. The molecule has 3 aromatic rings. The first-order valence-electron chi connectivity index (χ1n) is 15.6. The van der Waals surface area contributed by atoms with Gasteiger partial charge in [0.1, 0.15) is 18.0 Å². The van der Waals surface area contributed by atoms with Gasteiger partial charge >= 0.3 is 11.7 Å². The molecule has 0 spiro atoms. The number of amides is 1. The van der Waals surface area contributed by atoms with E-state index in [2.05, 4.69) is 10.3 Å². The summed E-state index contributed by atoms with van der Waals surface area (Å²) < 4.78 is 35.7. The molecule has 1 fully saturated rings. The lowest BCUT2D eigenvalue weighted by Crippen LogP contribution is -2.49. The smallest absolute Gasteiger partial charge is 0.348 e. The van der Waals surface area contributed by atoms with Crippen LogP contribution in [0.3, 0.4) is 0 Å². The van der Waals surface area contributed by atoms with Crippen LogP contribution in [0.15, 0.2) is 47.5 Å². The highest BCUT2D eigenvalue weighted by Gasteiger charge is 2.30. The number of aryl methyl sites for hydroxylation is 3. The fourth-order valence-electron chi connectivity index (χ4n) is 5.95. The zero-order valence-corrected chi connectivity index (χ0v) is 27.0. The monoisotopic (exact) mass is 622 g/mol. The van der Waals surface area contributed by atoms with Gasteiger partial charge in [0.25, 0.3) is 0 Å². The van der Waals surface area contributed by atoms with Gasteiger partial charge in [-0.05, 0) is 92.0 Å². The average Bonchev–Trinajstić information content (AvgIpc) is 2.95. The minimum atomic E-state index is -1.05. The van der Waals surface area contributed by atoms with Crippen molar-refractivity contribution >= 4 is 11.9 Å². The van der Waals surface area contributed by atoms with Crippen molar-refractivity contribution in [2.75, 3.05) is 26.2 Å². The zero-order chi connectivity index (χ0) is 32.8. The highest BCUT2D eigenvalue weighted by Crippen LogP contribution is 2.34. The number of aromatic nitrogens is 2. The molecular formula is C35H44F2N4O4. The Labute approximate surface area is 263 Å². The molecule has 10 heteroatoms. The van der Waals surface area contributed by atoms with Gasteiger partial charge in [-0.3, -0.25) is 19.1 Å². The van der Waals surface area contributed by atoms with Gasteiger partial charge in [-0.1, -0.05) is 32.0 Å². The van der Waals surface area contributed by atoms with Crippen molar-refractivity contribution in [3.8, 4) is 11.1 Å². The van der Waals surface area contributed by atoms with Gasteiger partial charge in [-0.2, -0.15) is 0 Å². The van der Waals surface area contributed by atoms with E-state index >= 15 is 4.39 Å². The van der Waals surface area contributed by atoms with Crippen LogP contribution in [0, 0.1) is 32.5 Å². The second-order valence-corrected chi connectivity index (χ2v) is 12.4. The zero-order valence-electron chi connectivity index (χ0n) is 27.0. The number of rotatable bonds is 13. The molecule has 1 aliphatic rings. The molecule has 0 saturated carbocycles. The number of nitrogens with one attached hydrogen (secondary N) is 1. The summed E-state index contributed by atoms with van der Waals surface area (Å²) in [5.74, 6) is -1.62. The minimum Gasteiger partial charge on any atom is -0.466 e. The maximum Gasteiger partial charge on any atom is 0.348 e. The van der Waals surface area contributed by atoms with Crippen molar-refractivity contribution in [1.29, 1.82) is 0 Å². The van der Waals surface area contributed by atoms with Crippen LogP contribution in [-0.4, -0.2) is 58.7 Å². The van der Waals surface area contributed by atoms with Crippen molar-refractivity contribution in [3.63, 3.8) is 0 Å². The first-order chi connectivity index (χ1) is 21.4. The number of hydrogen-bond donors (Lipinski definition) is 1. The fourth-order valence-corrected chi connectivity index (χ4v) is 5.95. The van der Waals surface area contributed by atoms with Crippen molar-refractivity contribution in [3.05, 3.63) is 86.8 Å². The highest BCUT2D eigenvalue weighted by atomic mass is 19.1. The Balaban J connectivity index is 1.71. The van der Waals surface area contributed by atoms with Crippen molar-refractivity contribution in [2.24, 2.45) is 5.92 Å². The van der Waals surface area contributed by atoms with Crippen LogP contribution in [-0.2, 0) is 20.7 Å². The van der Waals surface area contributed by atoms with E-state index in [0.717, 1.165) is 27.8 Å². The summed E-state index contributed by atoms with van der Waals surface area (Å²) in [5, 5.41) is 2.91. The third-order valence-corrected chi connectivity index (χ3v) is 8.25. The average molecular weight is 623 g/mol. The number of likely N-dealkylation sites (tertiary alicyclic amines) is 1. The Kier molecular flexibility index (Phi) is 11.3. The number of benzene rings is 2. The lowest BCUT2D eigenvalue weighted by atomic mass is 9.90. The van der Waals surface area contributed by atoms with E-state index in [0.29, 0.717) is 38.0 Å². The molecule has 0 unspecified atom stereocenters. The Morgan fingerprint density at radius 3 is 2.42 bits per heavy atom. The lowest BCUT2D eigenvalue weighted by Gasteiger charge is -2.34. The van der Waals surface area contributed by atoms with Crippen molar-refractivity contribution in [2.45, 2.75) is 79.1 Å². The Morgan fingerprint density at radius 2 is 1.80 bits per heavy atom. The second-order valence-electron chi connectivity index (χ2n) is 12.4. The summed E-state index contributed by atoms with van der Waals surface area (Å²) in [5.41, 5.74) is 4.45. The summed E-state index contributed by atoms with van der Waals surface area (Å²) >= 11 is 0. The molecule has 4 rings (SSSR count). The number of carbonyl (C=O) groups excluding carboxylic acids is 2. The summed E-state index contributed by atoms with van der Waals surface area (Å²) in [7, 11) is 0. The molecule has 2 heterocycles. The van der Waals surface area contributed by atoms with Gasteiger partial charge in [0.2, 0.25) is 5.91 Å². The van der Waals surface area contributed by atoms with E-state index in [4.69, 9.17) is 4.74 Å². The van der Waals surface area contributed by atoms with Crippen LogP contribution >= 0.6 is 0 Å². The Bertz CT molecular complexity index is 1560.